The van der Waals surface area contributed by atoms with Gasteiger partial charge in [-0.2, -0.15) is 0 Å². The van der Waals surface area contributed by atoms with Crippen molar-refractivity contribution in [2.75, 3.05) is 0 Å². The van der Waals surface area contributed by atoms with Gasteiger partial charge in [-0.1, -0.05) is 72.3 Å². The van der Waals surface area contributed by atoms with Crippen LogP contribution in [0.25, 0.3) is 20.9 Å². The molecule has 1 aromatic heterocycles. The third kappa shape index (κ3) is 2.20. The fourth-order valence-electron chi connectivity index (χ4n) is 1.90. The molecular formula is C16H11ClS. The molecule has 0 spiro atoms. The predicted octanol–water partition coefficient (Wildman–Crippen LogP) is 5.74. The zero-order valence-corrected chi connectivity index (χ0v) is 11.2. The van der Waals surface area contributed by atoms with E-state index in [-0.39, 0.29) is 0 Å². The molecule has 0 unspecified atom stereocenters. The molecule has 0 radical (unpaired) electrons. The van der Waals surface area contributed by atoms with Gasteiger partial charge in [-0.3, -0.25) is 0 Å². The molecule has 0 aliphatic rings. The number of hydrogen-bond donors (Lipinski definition) is 0. The Bertz CT molecular complexity index is 641. The van der Waals surface area contributed by atoms with E-state index < -0.39 is 0 Å². The van der Waals surface area contributed by atoms with Crippen LogP contribution in [0.2, 0.25) is 5.02 Å². The molecular weight excluding hydrogens is 260 g/mol. The maximum Gasteiger partial charge on any atom is 0.0598 e. The van der Waals surface area contributed by atoms with Crippen LogP contribution >= 0.6 is 22.9 Å². The fraction of sp³-hybridized carbons (Fsp3) is 0. The first-order chi connectivity index (χ1) is 8.84. The summed E-state index contributed by atoms with van der Waals surface area (Å²) in [5.74, 6) is 0. The molecule has 0 fully saturated rings. The van der Waals surface area contributed by atoms with E-state index in [0.29, 0.717) is 0 Å². The Kier molecular flexibility index (Phi) is 3.18. The van der Waals surface area contributed by atoms with Gasteiger partial charge >= 0.3 is 0 Å². The van der Waals surface area contributed by atoms with Gasteiger partial charge in [0.25, 0.3) is 0 Å². The van der Waals surface area contributed by atoms with Crippen molar-refractivity contribution in [3.05, 3.63) is 71.8 Å². The number of thiophene rings is 1. The first kappa shape index (κ1) is 11.5. The molecule has 3 rings (SSSR count). The molecule has 2 heteroatoms. The molecule has 18 heavy (non-hydrogen) atoms. The van der Waals surface area contributed by atoms with Crippen molar-refractivity contribution in [3.63, 3.8) is 0 Å². The third-order valence-electron chi connectivity index (χ3n) is 2.78. The number of hydrogen-bond acceptors (Lipinski definition) is 1. The Morgan fingerprint density at radius 2 is 1.28 bits per heavy atom. The van der Waals surface area contributed by atoms with Crippen molar-refractivity contribution in [1.82, 2.24) is 0 Å². The van der Waals surface area contributed by atoms with E-state index in [1.54, 1.807) is 11.3 Å². The largest absolute Gasteiger partial charge is 0.134 e. The average molecular weight is 271 g/mol. The summed E-state index contributed by atoms with van der Waals surface area (Å²) in [6.07, 6.45) is 0. The normalized spacial score (nSPS) is 10.5. The monoisotopic (exact) mass is 270 g/mol. The minimum atomic E-state index is 0.824. The molecule has 3 aromatic rings. The number of benzene rings is 2. The van der Waals surface area contributed by atoms with E-state index in [1.165, 1.54) is 16.0 Å². The quantitative estimate of drug-likeness (QED) is 0.557. The van der Waals surface area contributed by atoms with Crippen LogP contribution in [0.1, 0.15) is 0 Å². The van der Waals surface area contributed by atoms with Gasteiger partial charge in [0.1, 0.15) is 0 Å². The molecule has 0 aliphatic heterocycles. The van der Waals surface area contributed by atoms with Gasteiger partial charge < -0.3 is 0 Å². The first-order valence-electron chi connectivity index (χ1n) is 5.75. The van der Waals surface area contributed by atoms with Crippen LogP contribution in [0.5, 0.6) is 0 Å². The summed E-state index contributed by atoms with van der Waals surface area (Å²) < 4.78 is 0. The molecule has 0 N–H and O–H groups in total. The molecule has 0 amide bonds. The Labute approximate surface area is 115 Å². The highest BCUT2D eigenvalue weighted by Gasteiger charge is 2.10. The van der Waals surface area contributed by atoms with Crippen LogP contribution in [0.4, 0.5) is 0 Å². The minimum absolute atomic E-state index is 0.824. The van der Waals surface area contributed by atoms with Crippen molar-refractivity contribution in [2.45, 2.75) is 0 Å². The molecule has 0 aliphatic carbocycles. The Hall–Kier alpha value is -1.57. The van der Waals surface area contributed by atoms with Crippen molar-refractivity contribution in [1.29, 1.82) is 0 Å². The van der Waals surface area contributed by atoms with Crippen molar-refractivity contribution < 1.29 is 0 Å². The second kappa shape index (κ2) is 4.97. The smallest absolute Gasteiger partial charge is 0.0598 e. The summed E-state index contributed by atoms with van der Waals surface area (Å²) in [5, 5.41) is 0.824. The Morgan fingerprint density at radius 3 is 1.89 bits per heavy atom. The molecule has 0 nitrogen and oxygen atoms in total. The molecule has 0 saturated heterocycles. The SMILES string of the molecule is Clc1cc(-c2ccccc2)sc1-c1ccccc1. The lowest BCUT2D eigenvalue weighted by atomic mass is 10.1. The van der Waals surface area contributed by atoms with Gasteiger partial charge in [0.2, 0.25) is 0 Å². The predicted molar refractivity (Wildman–Crippen MR) is 80.2 cm³/mol. The summed E-state index contributed by atoms with van der Waals surface area (Å²) in [6.45, 7) is 0. The minimum Gasteiger partial charge on any atom is -0.134 e. The van der Waals surface area contributed by atoms with Gasteiger partial charge in [0, 0.05) is 4.88 Å². The van der Waals surface area contributed by atoms with Crippen LogP contribution in [-0.4, -0.2) is 0 Å². The van der Waals surface area contributed by atoms with E-state index in [4.69, 9.17) is 11.6 Å². The molecule has 0 atom stereocenters. The molecule has 88 valence electrons. The average Bonchev–Trinajstić information content (AvgIpc) is 2.83. The topological polar surface area (TPSA) is 0 Å². The molecule has 0 saturated carbocycles. The van der Waals surface area contributed by atoms with E-state index in [0.717, 1.165) is 9.90 Å². The summed E-state index contributed by atoms with van der Waals surface area (Å²) in [4.78, 5) is 2.34. The van der Waals surface area contributed by atoms with Gasteiger partial charge in [-0.05, 0) is 17.2 Å². The first-order valence-corrected chi connectivity index (χ1v) is 6.94. The lowest BCUT2D eigenvalue weighted by molar-refractivity contribution is 1.69. The van der Waals surface area contributed by atoms with Crippen molar-refractivity contribution in [3.8, 4) is 20.9 Å². The molecule has 1 heterocycles. The van der Waals surface area contributed by atoms with Crippen LogP contribution in [0, 0.1) is 0 Å². The van der Waals surface area contributed by atoms with Crippen molar-refractivity contribution in [2.24, 2.45) is 0 Å². The third-order valence-corrected chi connectivity index (χ3v) is 4.42. The fourth-order valence-corrected chi connectivity index (χ4v) is 3.36. The summed E-state index contributed by atoms with van der Waals surface area (Å²) >= 11 is 8.07. The van der Waals surface area contributed by atoms with E-state index in [9.17, 15) is 0 Å². The summed E-state index contributed by atoms with van der Waals surface area (Å²) in [7, 11) is 0. The van der Waals surface area contributed by atoms with E-state index in [2.05, 4.69) is 24.3 Å². The van der Waals surface area contributed by atoms with Crippen LogP contribution < -0.4 is 0 Å². The Morgan fingerprint density at radius 1 is 0.722 bits per heavy atom. The van der Waals surface area contributed by atoms with Crippen LogP contribution in [0.3, 0.4) is 0 Å². The zero-order chi connectivity index (χ0) is 12.4. The highest BCUT2D eigenvalue weighted by atomic mass is 35.5. The van der Waals surface area contributed by atoms with E-state index in [1.807, 2.05) is 42.5 Å². The second-order valence-electron chi connectivity index (χ2n) is 4.02. The van der Waals surface area contributed by atoms with Gasteiger partial charge in [0.05, 0.1) is 9.90 Å². The van der Waals surface area contributed by atoms with E-state index >= 15 is 0 Å². The highest BCUT2D eigenvalue weighted by Crippen LogP contribution is 2.40. The Balaban J connectivity index is 2.07. The lowest BCUT2D eigenvalue weighted by Gasteiger charge is -1.97. The number of halogens is 1. The van der Waals surface area contributed by atoms with Crippen LogP contribution in [0.15, 0.2) is 66.7 Å². The molecule has 0 bridgehead atoms. The standard InChI is InChI=1S/C16H11ClS/c17-14-11-15(12-7-3-1-4-8-12)18-16(14)13-9-5-2-6-10-13/h1-11H. The second-order valence-corrected chi connectivity index (χ2v) is 5.48. The maximum absolute atomic E-state index is 6.34. The maximum atomic E-state index is 6.34. The highest BCUT2D eigenvalue weighted by molar-refractivity contribution is 7.19. The van der Waals surface area contributed by atoms with Gasteiger partial charge in [-0.15, -0.1) is 11.3 Å². The summed E-state index contributed by atoms with van der Waals surface area (Å²) in [6, 6.07) is 22.6. The van der Waals surface area contributed by atoms with Crippen LogP contribution in [-0.2, 0) is 0 Å². The van der Waals surface area contributed by atoms with Crippen molar-refractivity contribution >= 4 is 22.9 Å². The van der Waals surface area contributed by atoms with Gasteiger partial charge in [-0.25, -0.2) is 0 Å². The van der Waals surface area contributed by atoms with Gasteiger partial charge in [0.15, 0.2) is 0 Å². The zero-order valence-electron chi connectivity index (χ0n) is 9.64. The summed E-state index contributed by atoms with van der Waals surface area (Å²) in [5.41, 5.74) is 2.39. The molecule has 2 aromatic carbocycles. The number of rotatable bonds is 2. The lowest BCUT2D eigenvalue weighted by Crippen LogP contribution is -1.69.